The molecule has 5 heteroatoms. The van der Waals surface area contributed by atoms with Gasteiger partial charge in [-0.3, -0.25) is 0 Å². The Labute approximate surface area is 116 Å². The molecule has 0 aromatic heterocycles. The Morgan fingerprint density at radius 3 is 2.37 bits per heavy atom. The SMILES string of the molecule is Cc1cc(Br)cc(C(O)c2ccc(F)c(F)c2F)c1. The van der Waals surface area contributed by atoms with Gasteiger partial charge in [-0.25, -0.2) is 13.2 Å². The molecule has 1 nitrogen and oxygen atoms in total. The topological polar surface area (TPSA) is 20.2 Å². The Bertz CT molecular complexity index is 608. The Kier molecular flexibility index (Phi) is 3.96. The zero-order chi connectivity index (χ0) is 14.2. The van der Waals surface area contributed by atoms with E-state index in [1.165, 1.54) is 0 Å². The molecule has 1 N–H and O–H groups in total. The van der Waals surface area contributed by atoms with E-state index >= 15 is 0 Å². The number of hydrogen-bond donors (Lipinski definition) is 1. The van der Waals surface area contributed by atoms with Gasteiger partial charge in [0.25, 0.3) is 0 Å². The third kappa shape index (κ3) is 2.82. The second kappa shape index (κ2) is 5.35. The summed E-state index contributed by atoms with van der Waals surface area (Å²) in [6, 6.07) is 6.89. The van der Waals surface area contributed by atoms with Crippen molar-refractivity contribution in [2.24, 2.45) is 0 Å². The van der Waals surface area contributed by atoms with E-state index in [0.29, 0.717) is 10.0 Å². The molecule has 0 aliphatic rings. The van der Waals surface area contributed by atoms with E-state index in [2.05, 4.69) is 15.9 Å². The molecule has 2 aromatic rings. The minimum Gasteiger partial charge on any atom is -0.384 e. The molecule has 0 aliphatic carbocycles. The van der Waals surface area contributed by atoms with Gasteiger partial charge in [0.1, 0.15) is 6.10 Å². The first-order valence-electron chi connectivity index (χ1n) is 5.48. The van der Waals surface area contributed by atoms with Crippen molar-refractivity contribution in [2.45, 2.75) is 13.0 Å². The molecule has 0 bridgehead atoms. The smallest absolute Gasteiger partial charge is 0.194 e. The van der Waals surface area contributed by atoms with Gasteiger partial charge < -0.3 is 5.11 Å². The van der Waals surface area contributed by atoms with E-state index < -0.39 is 23.6 Å². The molecule has 1 unspecified atom stereocenters. The van der Waals surface area contributed by atoms with Crippen molar-refractivity contribution < 1.29 is 18.3 Å². The van der Waals surface area contributed by atoms with Crippen LogP contribution in [-0.4, -0.2) is 5.11 Å². The van der Waals surface area contributed by atoms with E-state index in [9.17, 15) is 18.3 Å². The van der Waals surface area contributed by atoms with Gasteiger partial charge in [-0.1, -0.05) is 28.1 Å². The zero-order valence-corrected chi connectivity index (χ0v) is 11.5. The van der Waals surface area contributed by atoms with E-state index in [-0.39, 0.29) is 5.56 Å². The fraction of sp³-hybridized carbons (Fsp3) is 0.143. The average Bonchev–Trinajstić information content (AvgIpc) is 2.34. The predicted molar refractivity (Wildman–Crippen MR) is 69.3 cm³/mol. The summed E-state index contributed by atoms with van der Waals surface area (Å²) in [7, 11) is 0. The molecular formula is C14H10BrF3O. The molecule has 19 heavy (non-hydrogen) atoms. The molecule has 2 aromatic carbocycles. The second-order valence-electron chi connectivity index (χ2n) is 4.23. The Hall–Kier alpha value is -1.33. The molecule has 0 amide bonds. The third-order valence-electron chi connectivity index (χ3n) is 2.74. The molecule has 0 spiro atoms. The fourth-order valence-corrected chi connectivity index (χ4v) is 2.48. The second-order valence-corrected chi connectivity index (χ2v) is 5.14. The maximum Gasteiger partial charge on any atom is 0.194 e. The van der Waals surface area contributed by atoms with Gasteiger partial charge in [0.15, 0.2) is 17.5 Å². The van der Waals surface area contributed by atoms with Gasteiger partial charge in [-0.15, -0.1) is 0 Å². The van der Waals surface area contributed by atoms with E-state index in [4.69, 9.17) is 0 Å². The summed E-state index contributed by atoms with van der Waals surface area (Å²) < 4.78 is 40.3. The van der Waals surface area contributed by atoms with Crippen LogP contribution in [0.2, 0.25) is 0 Å². The average molecular weight is 331 g/mol. The van der Waals surface area contributed by atoms with Crippen molar-refractivity contribution >= 4 is 15.9 Å². The monoisotopic (exact) mass is 330 g/mol. The van der Waals surface area contributed by atoms with Crippen LogP contribution < -0.4 is 0 Å². The lowest BCUT2D eigenvalue weighted by molar-refractivity contribution is 0.212. The van der Waals surface area contributed by atoms with Crippen LogP contribution in [0.15, 0.2) is 34.8 Å². The summed E-state index contributed by atoms with van der Waals surface area (Å²) in [5.41, 5.74) is 0.958. The summed E-state index contributed by atoms with van der Waals surface area (Å²) in [5.74, 6) is -4.23. The highest BCUT2D eigenvalue weighted by Crippen LogP contribution is 2.29. The van der Waals surface area contributed by atoms with Crippen LogP contribution in [0.4, 0.5) is 13.2 Å². The fourth-order valence-electron chi connectivity index (χ4n) is 1.85. The van der Waals surface area contributed by atoms with Crippen LogP contribution >= 0.6 is 15.9 Å². The lowest BCUT2D eigenvalue weighted by Crippen LogP contribution is -2.06. The van der Waals surface area contributed by atoms with E-state index in [1.807, 2.05) is 13.0 Å². The standard InChI is InChI=1S/C14H10BrF3O/c1-7-4-8(6-9(15)5-7)14(19)10-2-3-11(16)13(18)12(10)17/h2-6,14,19H,1H3. The number of benzene rings is 2. The summed E-state index contributed by atoms with van der Waals surface area (Å²) in [6.07, 6.45) is -1.36. The molecular weight excluding hydrogens is 321 g/mol. The highest BCUT2D eigenvalue weighted by atomic mass is 79.9. The van der Waals surface area contributed by atoms with E-state index in [0.717, 1.165) is 17.7 Å². The van der Waals surface area contributed by atoms with Gasteiger partial charge in [0.05, 0.1) is 0 Å². The van der Waals surface area contributed by atoms with Crippen LogP contribution in [0, 0.1) is 24.4 Å². The molecule has 0 aliphatic heterocycles. The van der Waals surface area contributed by atoms with Crippen molar-refractivity contribution in [1.82, 2.24) is 0 Å². The van der Waals surface area contributed by atoms with Crippen LogP contribution in [0.5, 0.6) is 0 Å². The zero-order valence-electron chi connectivity index (χ0n) is 9.92. The number of hydrogen-bond acceptors (Lipinski definition) is 1. The summed E-state index contributed by atoms with van der Waals surface area (Å²) in [6.45, 7) is 1.81. The summed E-state index contributed by atoms with van der Waals surface area (Å²) in [5, 5.41) is 10.1. The molecule has 0 fully saturated rings. The molecule has 100 valence electrons. The van der Waals surface area contributed by atoms with Crippen molar-refractivity contribution in [2.75, 3.05) is 0 Å². The molecule has 0 saturated carbocycles. The lowest BCUT2D eigenvalue weighted by atomic mass is 9.99. The number of rotatable bonds is 2. The van der Waals surface area contributed by atoms with Crippen molar-refractivity contribution in [3.63, 3.8) is 0 Å². The Balaban J connectivity index is 2.50. The highest BCUT2D eigenvalue weighted by Gasteiger charge is 2.20. The molecule has 2 rings (SSSR count). The quantitative estimate of drug-likeness (QED) is 0.816. The molecule has 0 saturated heterocycles. The summed E-state index contributed by atoms with van der Waals surface area (Å²) in [4.78, 5) is 0. The molecule has 0 heterocycles. The Morgan fingerprint density at radius 1 is 1.05 bits per heavy atom. The number of aliphatic hydroxyl groups is 1. The maximum atomic E-state index is 13.6. The third-order valence-corrected chi connectivity index (χ3v) is 3.20. The number of aryl methyl sites for hydroxylation is 1. The first-order chi connectivity index (χ1) is 8.90. The largest absolute Gasteiger partial charge is 0.384 e. The predicted octanol–water partition coefficient (Wildman–Crippen LogP) is 4.26. The van der Waals surface area contributed by atoms with Crippen LogP contribution in [0.25, 0.3) is 0 Å². The first kappa shape index (κ1) is 14.1. The Morgan fingerprint density at radius 2 is 1.74 bits per heavy atom. The van der Waals surface area contributed by atoms with Gasteiger partial charge in [-0.05, 0) is 36.2 Å². The minimum atomic E-state index is -1.58. The van der Waals surface area contributed by atoms with Gasteiger partial charge in [0, 0.05) is 10.0 Å². The maximum absolute atomic E-state index is 13.6. The van der Waals surface area contributed by atoms with Gasteiger partial charge in [0.2, 0.25) is 0 Å². The van der Waals surface area contributed by atoms with E-state index in [1.54, 1.807) is 12.1 Å². The van der Waals surface area contributed by atoms with Crippen molar-refractivity contribution in [1.29, 1.82) is 0 Å². The molecule has 1 atom stereocenters. The molecule has 0 radical (unpaired) electrons. The number of aliphatic hydroxyl groups excluding tert-OH is 1. The number of halogens is 4. The minimum absolute atomic E-state index is 0.295. The van der Waals surface area contributed by atoms with Crippen LogP contribution in [0.1, 0.15) is 22.8 Å². The lowest BCUT2D eigenvalue weighted by Gasteiger charge is -2.14. The van der Waals surface area contributed by atoms with Crippen LogP contribution in [-0.2, 0) is 0 Å². The summed E-state index contributed by atoms with van der Waals surface area (Å²) >= 11 is 3.26. The van der Waals surface area contributed by atoms with Gasteiger partial charge >= 0.3 is 0 Å². The normalized spacial score (nSPS) is 12.5. The van der Waals surface area contributed by atoms with Crippen molar-refractivity contribution in [3.05, 3.63) is 68.9 Å². The van der Waals surface area contributed by atoms with Crippen LogP contribution in [0.3, 0.4) is 0 Å². The van der Waals surface area contributed by atoms with Crippen molar-refractivity contribution in [3.8, 4) is 0 Å². The highest BCUT2D eigenvalue weighted by molar-refractivity contribution is 9.10. The van der Waals surface area contributed by atoms with Gasteiger partial charge in [-0.2, -0.15) is 0 Å². The first-order valence-corrected chi connectivity index (χ1v) is 6.28.